The van der Waals surface area contributed by atoms with E-state index in [1.807, 2.05) is 18.2 Å². The first-order chi connectivity index (χ1) is 12.6. The number of amides is 3. The van der Waals surface area contributed by atoms with Gasteiger partial charge in [-0.25, -0.2) is 0 Å². The van der Waals surface area contributed by atoms with Gasteiger partial charge < -0.3 is 14.6 Å². The molecule has 2 fully saturated rings. The molecule has 1 aromatic rings. The van der Waals surface area contributed by atoms with Gasteiger partial charge in [0.15, 0.2) is 0 Å². The van der Waals surface area contributed by atoms with Crippen LogP contribution < -0.4 is 10.2 Å². The third kappa shape index (κ3) is 2.87. The van der Waals surface area contributed by atoms with Gasteiger partial charge in [0.2, 0.25) is 11.8 Å². The predicted molar refractivity (Wildman–Crippen MR) is 93.5 cm³/mol. The highest BCUT2D eigenvalue weighted by molar-refractivity contribution is 6.05. The molecule has 0 aromatic heterocycles. The van der Waals surface area contributed by atoms with Gasteiger partial charge in [-0.1, -0.05) is 0 Å². The average Bonchev–Trinajstić information content (AvgIpc) is 2.98. The summed E-state index contributed by atoms with van der Waals surface area (Å²) in [4.78, 5) is 50.8. The van der Waals surface area contributed by atoms with E-state index in [0.29, 0.717) is 18.5 Å². The van der Waals surface area contributed by atoms with Crippen LogP contribution in [0.2, 0.25) is 0 Å². The van der Waals surface area contributed by atoms with Crippen LogP contribution >= 0.6 is 0 Å². The number of aldehydes is 1. The molecule has 1 N–H and O–H groups in total. The molecule has 136 valence electrons. The van der Waals surface area contributed by atoms with E-state index in [0.717, 1.165) is 43.5 Å². The van der Waals surface area contributed by atoms with Gasteiger partial charge >= 0.3 is 0 Å². The predicted octanol–water partition coefficient (Wildman–Crippen LogP) is 0.863. The number of carbonyl (C=O) groups is 4. The van der Waals surface area contributed by atoms with E-state index in [2.05, 4.69) is 10.2 Å². The Morgan fingerprint density at radius 1 is 1.08 bits per heavy atom. The summed E-state index contributed by atoms with van der Waals surface area (Å²) in [5, 5.41) is 2.32. The van der Waals surface area contributed by atoms with Gasteiger partial charge in [0.25, 0.3) is 5.91 Å². The second-order valence-electron chi connectivity index (χ2n) is 7.20. The van der Waals surface area contributed by atoms with Crippen molar-refractivity contribution in [3.63, 3.8) is 0 Å². The summed E-state index contributed by atoms with van der Waals surface area (Å²) in [7, 11) is 0. The van der Waals surface area contributed by atoms with Crippen molar-refractivity contribution in [1.29, 1.82) is 0 Å². The number of anilines is 1. The maximum absolute atomic E-state index is 12.7. The number of hydrogen-bond donors (Lipinski definition) is 1. The molecule has 4 rings (SSSR count). The fourth-order valence-electron chi connectivity index (χ4n) is 4.05. The first-order valence-corrected chi connectivity index (χ1v) is 9.04. The molecule has 1 unspecified atom stereocenters. The highest BCUT2D eigenvalue weighted by Gasteiger charge is 2.39. The van der Waals surface area contributed by atoms with Crippen molar-refractivity contribution in [3.8, 4) is 0 Å². The fraction of sp³-hybridized carbons (Fsp3) is 0.474. The van der Waals surface area contributed by atoms with E-state index >= 15 is 0 Å². The lowest BCUT2D eigenvalue weighted by atomic mass is 9.97. The van der Waals surface area contributed by atoms with Crippen LogP contribution in [-0.4, -0.2) is 48.0 Å². The smallest absolute Gasteiger partial charge is 0.255 e. The minimum absolute atomic E-state index is 0.144. The molecule has 1 atom stereocenters. The van der Waals surface area contributed by atoms with E-state index in [-0.39, 0.29) is 24.2 Å². The average molecular weight is 355 g/mol. The lowest BCUT2D eigenvalue weighted by Gasteiger charge is -2.31. The molecule has 7 nitrogen and oxygen atoms in total. The van der Waals surface area contributed by atoms with Crippen LogP contribution in [-0.2, 0) is 20.9 Å². The fourth-order valence-corrected chi connectivity index (χ4v) is 4.05. The van der Waals surface area contributed by atoms with Gasteiger partial charge in [-0.15, -0.1) is 0 Å². The number of hydrogen-bond acceptors (Lipinski definition) is 5. The molecule has 0 bridgehead atoms. The van der Waals surface area contributed by atoms with Crippen molar-refractivity contribution in [2.75, 3.05) is 18.0 Å². The zero-order valence-electron chi connectivity index (χ0n) is 14.4. The number of carbonyl (C=O) groups excluding carboxylic acids is 4. The summed E-state index contributed by atoms with van der Waals surface area (Å²) < 4.78 is 0. The number of benzene rings is 1. The lowest BCUT2D eigenvalue weighted by Crippen LogP contribution is -2.52. The number of piperidine rings is 2. The Bertz CT molecular complexity index is 783. The highest BCUT2D eigenvalue weighted by atomic mass is 16.2. The van der Waals surface area contributed by atoms with Gasteiger partial charge in [-0.3, -0.25) is 19.7 Å². The van der Waals surface area contributed by atoms with Crippen LogP contribution in [0.1, 0.15) is 41.6 Å². The molecule has 0 spiro atoms. The molecule has 7 heteroatoms. The van der Waals surface area contributed by atoms with Crippen LogP contribution in [0.5, 0.6) is 0 Å². The third-order valence-corrected chi connectivity index (χ3v) is 5.60. The Labute approximate surface area is 151 Å². The summed E-state index contributed by atoms with van der Waals surface area (Å²) in [5.74, 6) is -0.680. The van der Waals surface area contributed by atoms with Gasteiger partial charge in [0, 0.05) is 43.2 Å². The zero-order chi connectivity index (χ0) is 18.3. The first kappa shape index (κ1) is 16.8. The molecule has 3 aliphatic rings. The molecule has 2 saturated heterocycles. The van der Waals surface area contributed by atoms with Crippen LogP contribution in [0.15, 0.2) is 18.2 Å². The Morgan fingerprint density at radius 2 is 1.85 bits per heavy atom. The first-order valence-electron chi connectivity index (χ1n) is 9.04. The van der Waals surface area contributed by atoms with E-state index in [1.54, 1.807) is 4.90 Å². The van der Waals surface area contributed by atoms with Crippen molar-refractivity contribution in [1.82, 2.24) is 10.2 Å². The summed E-state index contributed by atoms with van der Waals surface area (Å²) in [5.41, 5.74) is 2.59. The summed E-state index contributed by atoms with van der Waals surface area (Å²) >= 11 is 0. The molecule has 1 aromatic carbocycles. The van der Waals surface area contributed by atoms with Crippen molar-refractivity contribution >= 4 is 29.7 Å². The molecular formula is C19H21N3O4. The normalized spacial score (nSPS) is 23.8. The Balaban J connectivity index is 1.51. The third-order valence-electron chi connectivity index (χ3n) is 5.60. The number of imide groups is 1. The van der Waals surface area contributed by atoms with Crippen molar-refractivity contribution < 1.29 is 19.2 Å². The number of nitrogens with zero attached hydrogens (tertiary/aromatic N) is 2. The molecule has 0 aliphatic carbocycles. The van der Waals surface area contributed by atoms with Crippen LogP contribution in [0.4, 0.5) is 5.69 Å². The Morgan fingerprint density at radius 3 is 2.54 bits per heavy atom. The number of nitrogens with one attached hydrogen (secondary N) is 1. The van der Waals surface area contributed by atoms with Gasteiger partial charge in [-0.2, -0.15) is 0 Å². The molecule has 3 amide bonds. The van der Waals surface area contributed by atoms with E-state index < -0.39 is 11.9 Å². The van der Waals surface area contributed by atoms with Gasteiger partial charge in [0.1, 0.15) is 12.3 Å². The SMILES string of the molecule is O=CC1CCN(c2ccc3c(c2)CN(C2CCC(=O)NC2=O)C3=O)CC1. The lowest BCUT2D eigenvalue weighted by molar-refractivity contribution is -0.136. The molecule has 3 heterocycles. The minimum atomic E-state index is -0.584. The summed E-state index contributed by atoms with van der Waals surface area (Å²) in [6.45, 7) is 2.04. The van der Waals surface area contributed by atoms with Crippen LogP contribution in [0.3, 0.4) is 0 Å². The highest BCUT2D eigenvalue weighted by Crippen LogP contribution is 2.31. The second-order valence-corrected chi connectivity index (χ2v) is 7.20. The van der Waals surface area contributed by atoms with Crippen molar-refractivity contribution in [2.24, 2.45) is 5.92 Å². The molecule has 26 heavy (non-hydrogen) atoms. The maximum atomic E-state index is 12.7. The van der Waals surface area contributed by atoms with E-state index in [1.165, 1.54) is 0 Å². The molecule has 0 radical (unpaired) electrons. The molecule has 3 aliphatic heterocycles. The Kier molecular flexibility index (Phi) is 4.22. The van der Waals surface area contributed by atoms with Gasteiger partial charge in [-0.05, 0) is 43.0 Å². The van der Waals surface area contributed by atoms with Crippen LogP contribution in [0, 0.1) is 5.92 Å². The van der Waals surface area contributed by atoms with E-state index in [4.69, 9.17) is 0 Å². The van der Waals surface area contributed by atoms with Crippen LogP contribution in [0.25, 0.3) is 0 Å². The monoisotopic (exact) mass is 355 g/mol. The minimum Gasteiger partial charge on any atom is -0.371 e. The number of rotatable bonds is 3. The molecule has 0 saturated carbocycles. The Hall–Kier alpha value is -2.70. The van der Waals surface area contributed by atoms with E-state index in [9.17, 15) is 19.2 Å². The standard InChI is InChI=1S/C19H21N3O4/c23-11-12-5-7-21(8-6-12)14-1-2-15-13(9-14)10-22(19(15)26)16-3-4-17(24)20-18(16)25/h1-2,9,11-12,16H,3-8,10H2,(H,20,24,25). The quantitative estimate of drug-likeness (QED) is 0.642. The van der Waals surface area contributed by atoms with Crippen molar-refractivity contribution in [3.05, 3.63) is 29.3 Å². The topological polar surface area (TPSA) is 86.8 Å². The second kappa shape index (κ2) is 6.55. The largest absolute Gasteiger partial charge is 0.371 e. The zero-order valence-corrected chi connectivity index (χ0v) is 14.4. The molecular weight excluding hydrogens is 334 g/mol. The summed E-state index contributed by atoms with van der Waals surface area (Å²) in [6, 6.07) is 5.19. The van der Waals surface area contributed by atoms with Gasteiger partial charge in [0.05, 0.1) is 0 Å². The summed E-state index contributed by atoms with van der Waals surface area (Å²) in [6.07, 6.45) is 3.37. The number of fused-ring (bicyclic) bond motifs is 1. The maximum Gasteiger partial charge on any atom is 0.255 e. The van der Waals surface area contributed by atoms with Crippen molar-refractivity contribution in [2.45, 2.75) is 38.3 Å².